The molecule has 2 amide bonds. The van der Waals surface area contributed by atoms with Crippen molar-refractivity contribution in [3.05, 3.63) is 59.3 Å². The van der Waals surface area contributed by atoms with Gasteiger partial charge in [-0.3, -0.25) is 9.59 Å². The van der Waals surface area contributed by atoms with Gasteiger partial charge in [0.2, 0.25) is 11.7 Å². The minimum Gasteiger partial charge on any atom is -0.449 e. The molecule has 0 unspecified atom stereocenters. The van der Waals surface area contributed by atoms with Crippen LogP contribution in [0, 0.1) is 5.92 Å². The third-order valence-electron chi connectivity index (χ3n) is 5.29. The van der Waals surface area contributed by atoms with Gasteiger partial charge in [-0.2, -0.15) is 0 Å². The number of halogens is 2. The molecule has 1 aliphatic carbocycles. The van der Waals surface area contributed by atoms with Crippen LogP contribution in [-0.4, -0.2) is 17.9 Å². The average Bonchev–Trinajstić information content (AvgIpc) is 3.09. The molecule has 8 heteroatoms. The van der Waals surface area contributed by atoms with E-state index >= 15 is 0 Å². The number of fused-ring (bicyclic) bond motifs is 1. The van der Waals surface area contributed by atoms with Crippen LogP contribution in [0.4, 0.5) is 11.4 Å². The molecule has 3 aromatic rings. The third-order valence-corrected chi connectivity index (χ3v) is 5.55. The number of rotatable bonds is 4. The van der Waals surface area contributed by atoms with Crippen molar-refractivity contribution in [1.82, 2.24) is 0 Å². The van der Waals surface area contributed by atoms with Crippen LogP contribution in [0.1, 0.15) is 36.2 Å². The van der Waals surface area contributed by atoms with Crippen molar-refractivity contribution >= 4 is 58.2 Å². The van der Waals surface area contributed by atoms with Crippen molar-refractivity contribution in [2.24, 2.45) is 11.7 Å². The average molecular weight is 448 g/mol. The molecule has 158 valence electrons. The number of carbonyl (C=O) groups is 2. The maximum absolute atomic E-state index is 12.9. The Kier molecular flexibility index (Phi) is 7.02. The van der Waals surface area contributed by atoms with Crippen molar-refractivity contribution in [3.8, 4) is 0 Å². The fraction of sp³-hybridized carbons (Fsp3) is 0.273. The van der Waals surface area contributed by atoms with Crippen LogP contribution in [0.2, 0.25) is 5.02 Å². The lowest BCUT2D eigenvalue weighted by atomic mass is 9.86. The van der Waals surface area contributed by atoms with Gasteiger partial charge < -0.3 is 20.8 Å². The zero-order valence-electron chi connectivity index (χ0n) is 16.2. The predicted molar refractivity (Wildman–Crippen MR) is 121 cm³/mol. The summed E-state index contributed by atoms with van der Waals surface area (Å²) in [5, 5.41) is 6.99. The van der Waals surface area contributed by atoms with Crippen molar-refractivity contribution in [1.29, 1.82) is 0 Å². The first-order chi connectivity index (χ1) is 14.0. The summed E-state index contributed by atoms with van der Waals surface area (Å²) in [6.45, 7) is 0. The van der Waals surface area contributed by atoms with E-state index in [0.29, 0.717) is 27.4 Å². The summed E-state index contributed by atoms with van der Waals surface area (Å²) in [6.07, 6.45) is 3.15. The van der Waals surface area contributed by atoms with Gasteiger partial charge >= 0.3 is 0 Å². The third kappa shape index (κ3) is 4.78. The minimum atomic E-state index is -0.440. The van der Waals surface area contributed by atoms with E-state index in [0.717, 1.165) is 25.7 Å². The molecule has 0 radical (unpaired) electrons. The number of furan rings is 1. The number of hydrogen-bond donors (Lipinski definition) is 3. The molecule has 4 rings (SSSR count). The fourth-order valence-electron chi connectivity index (χ4n) is 3.66. The summed E-state index contributed by atoms with van der Waals surface area (Å²) in [6, 6.07) is 14.2. The van der Waals surface area contributed by atoms with Crippen molar-refractivity contribution in [2.45, 2.75) is 31.7 Å². The second kappa shape index (κ2) is 9.51. The van der Waals surface area contributed by atoms with Gasteiger partial charge in [-0.25, -0.2) is 0 Å². The van der Waals surface area contributed by atoms with E-state index in [4.69, 9.17) is 21.8 Å². The van der Waals surface area contributed by atoms with Crippen molar-refractivity contribution < 1.29 is 14.0 Å². The lowest BCUT2D eigenvalue weighted by molar-refractivity contribution is -0.120. The predicted octanol–water partition coefficient (Wildman–Crippen LogP) is 5.22. The highest BCUT2D eigenvalue weighted by atomic mass is 35.5. The zero-order valence-corrected chi connectivity index (χ0v) is 17.8. The summed E-state index contributed by atoms with van der Waals surface area (Å²) in [4.78, 5) is 25.7. The Hall–Kier alpha value is -2.54. The zero-order chi connectivity index (χ0) is 20.4. The van der Waals surface area contributed by atoms with Crippen LogP contribution >= 0.6 is 24.0 Å². The number of nitrogens with one attached hydrogen (secondary N) is 2. The highest BCUT2D eigenvalue weighted by Crippen LogP contribution is 2.33. The summed E-state index contributed by atoms with van der Waals surface area (Å²) in [5.41, 5.74) is 7.46. The van der Waals surface area contributed by atoms with E-state index in [-0.39, 0.29) is 36.0 Å². The molecule has 1 fully saturated rings. The summed E-state index contributed by atoms with van der Waals surface area (Å²) in [7, 11) is 0. The van der Waals surface area contributed by atoms with E-state index in [9.17, 15) is 9.59 Å². The summed E-state index contributed by atoms with van der Waals surface area (Å²) in [5.74, 6) is -0.592. The normalized spacial score (nSPS) is 18.5. The van der Waals surface area contributed by atoms with E-state index in [2.05, 4.69) is 10.6 Å². The second-order valence-corrected chi connectivity index (χ2v) is 7.80. The molecule has 0 atom stereocenters. The number of amides is 2. The smallest absolute Gasteiger partial charge is 0.293 e. The topological polar surface area (TPSA) is 97.4 Å². The summed E-state index contributed by atoms with van der Waals surface area (Å²) < 4.78 is 5.79. The Labute approximate surface area is 185 Å². The maximum Gasteiger partial charge on any atom is 0.293 e. The van der Waals surface area contributed by atoms with Crippen molar-refractivity contribution in [2.75, 3.05) is 10.6 Å². The molecule has 1 heterocycles. The van der Waals surface area contributed by atoms with Crippen LogP contribution in [0.5, 0.6) is 0 Å². The van der Waals surface area contributed by atoms with Crippen LogP contribution in [0.15, 0.2) is 52.9 Å². The van der Waals surface area contributed by atoms with Crippen molar-refractivity contribution in [3.63, 3.8) is 0 Å². The highest BCUT2D eigenvalue weighted by Gasteiger charge is 2.28. The van der Waals surface area contributed by atoms with E-state index in [1.807, 2.05) is 18.2 Å². The Morgan fingerprint density at radius 3 is 2.33 bits per heavy atom. The lowest BCUT2D eigenvalue weighted by Gasteiger charge is -2.25. The first-order valence-electron chi connectivity index (χ1n) is 9.66. The summed E-state index contributed by atoms with van der Waals surface area (Å²) >= 11 is 5.90. The standard InChI is InChI=1S/C22H22ClN3O3.ClH/c23-14-7-11-16(12-8-14)25-22(28)20-19(17-3-1-2-4-18(17)29-20)26-21(27)13-5-9-15(24)10-6-13;/h1-4,7-8,11-13,15H,5-6,9-10,24H2,(H,25,28)(H,26,27);1H. The van der Waals surface area contributed by atoms with Gasteiger partial charge in [0.25, 0.3) is 5.91 Å². The molecular weight excluding hydrogens is 425 g/mol. The molecule has 0 saturated heterocycles. The molecule has 1 saturated carbocycles. The van der Waals surface area contributed by atoms with Crippen LogP contribution in [-0.2, 0) is 4.79 Å². The minimum absolute atomic E-state index is 0. The van der Waals surface area contributed by atoms with Crippen LogP contribution in [0.3, 0.4) is 0 Å². The molecule has 0 spiro atoms. The van der Waals surface area contributed by atoms with Gasteiger partial charge in [0.1, 0.15) is 11.3 Å². The number of para-hydroxylation sites is 1. The second-order valence-electron chi connectivity index (χ2n) is 7.36. The van der Waals surface area contributed by atoms with Crippen LogP contribution < -0.4 is 16.4 Å². The van der Waals surface area contributed by atoms with Crippen LogP contribution in [0.25, 0.3) is 11.0 Å². The van der Waals surface area contributed by atoms with Gasteiger partial charge in [0.15, 0.2) is 0 Å². The largest absolute Gasteiger partial charge is 0.449 e. The van der Waals surface area contributed by atoms with E-state index in [1.165, 1.54) is 0 Å². The number of nitrogens with two attached hydrogens (primary N) is 1. The molecule has 4 N–H and O–H groups in total. The first kappa shape index (κ1) is 22.2. The molecule has 6 nitrogen and oxygen atoms in total. The van der Waals surface area contributed by atoms with E-state index < -0.39 is 5.91 Å². The van der Waals surface area contributed by atoms with E-state index in [1.54, 1.807) is 30.3 Å². The monoisotopic (exact) mass is 447 g/mol. The molecular formula is C22H23Cl2N3O3. The molecule has 0 bridgehead atoms. The number of hydrogen-bond acceptors (Lipinski definition) is 4. The number of carbonyl (C=O) groups excluding carboxylic acids is 2. The SMILES string of the molecule is Cl.NC1CCC(C(=O)Nc2c(C(=O)Nc3ccc(Cl)cc3)oc3ccccc23)CC1. The van der Waals surface area contributed by atoms with Gasteiger partial charge in [-0.1, -0.05) is 23.7 Å². The van der Waals surface area contributed by atoms with Gasteiger partial charge in [-0.05, 0) is 62.1 Å². The molecule has 1 aliphatic rings. The number of anilines is 2. The first-order valence-corrected chi connectivity index (χ1v) is 10.0. The fourth-order valence-corrected chi connectivity index (χ4v) is 3.78. The molecule has 30 heavy (non-hydrogen) atoms. The highest BCUT2D eigenvalue weighted by molar-refractivity contribution is 6.30. The lowest BCUT2D eigenvalue weighted by Crippen LogP contribution is -2.32. The quantitative estimate of drug-likeness (QED) is 0.510. The Bertz CT molecular complexity index is 1040. The van der Waals surface area contributed by atoms with Gasteiger partial charge in [-0.15, -0.1) is 12.4 Å². The molecule has 1 aromatic heterocycles. The van der Waals surface area contributed by atoms with Gasteiger partial charge in [0.05, 0.1) is 0 Å². The Morgan fingerprint density at radius 2 is 1.63 bits per heavy atom. The number of benzene rings is 2. The Balaban J connectivity index is 0.00000256. The molecule has 2 aromatic carbocycles. The maximum atomic E-state index is 12.9. The van der Waals surface area contributed by atoms with Gasteiger partial charge in [0, 0.05) is 28.1 Å². The molecule has 0 aliphatic heterocycles. The Morgan fingerprint density at radius 1 is 0.967 bits per heavy atom.